The van der Waals surface area contributed by atoms with Crippen LogP contribution in [0.5, 0.6) is 0 Å². The zero-order valence-corrected chi connectivity index (χ0v) is 21.4. The Morgan fingerprint density at radius 3 is 2.31 bits per heavy atom. The molecule has 1 aliphatic carbocycles. The van der Waals surface area contributed by atoms with E-state index in [1.54, 1.807) is 23.1 Å². The summed E-state index contributed by atoms with van der Waals surface area (Å²) in [6, 6.07) is 12.1. The number of halogens is 2. The second-order valence-electron chi connectivity index (χ2n) is 9.51. The number of rotatable bonds is 5. The smallest absolute Gasteiger partial charge is 0.255 e. The first-order valence-electron chi connectivity index (χ1n) is 12.2. The Labute approximate surface area is 216 Å². The Balaban J connectivity index is 1.38. The van der Waals surface area contributed by atoms with E-state index in [0.717, 1.165) is 44.1 Å². The molecule has 1 heterocycles. The minimum Gasteiger partial charge on any atom is -0.351 e. The van der Waals surface area contributed by atoms with Gasteiger partial charge in [-0.25, -0.2) is 0 Å². The van der Waals surface area contributed by atoms with Crippen LogP contribution >= 0.6 is 23.2 Å². The molecule has 0 radical (unpaired) electrons. The Bertz CT molecular complexity index is 1110. The first-order chi connectivity index (χ1) is 16.8. The molecule has 2 aliphatic rings. The van der Waals surface area contributed by atoms with E-state index in [4.69, 9.17) is 23.2 Å². The average Bonchev–Trinajstić information content (AvgIpc) is 2.85. The maximum Gasteiger partial charge on any atom is 0.255 e. The van der Waals surface area contributed by atoms with Gasteiger partial charge in [0.25, 0.3) is 11.8 Å². The highest BCUT2D eigenvalue weighted by Gasteiger charge is 2.33. The molecule has 1 aliphatic heterocycles. The van der Waals surface area contributed by atoms with Crippen LogP contribution in [-0.2, 0) is 4.79 Å². The highest BCUT2D eigenvalue weighted by Crippen LogP contribution is 2.26. The third-order valence-corrected chi connectivity index (χ3v) is 7.59. The van der Waals surface area contributed by atoms with Crippen molar-refractivity contribution in [1.29, 1.82) is 0 Å². The van der Waals surface area contributed by atoms with Crippen molar-refractivity contribution in [2.45, 2.75) is 57.5 Å². The predicted molar refractivity (Wildman–Crippen MR) is 138 cm³/mol. The van der Waals surface area contributed by atoms with Crippen LogP contribution in [-0.4, -0.2) is 47.8 Å². The van der Waals surface area contributed by atoms with Gasteiger partial charge >= 0.3 is 0 Å². The molecule has 8 heteroatoms. The van der Waals surface area contributed by atoms with Crippen molar-refractivity contribution in [1.82, 2.24) is 15.5 Å². The van der Waals surface area contributed by atoms with Crippen LogP contribution in [0.2, 0.25) is 10.0 Å². The van der Waals surface area contributed by atoms with Crippen LogP contribution in [0.3, 0.4) is 0 Å². The maximum atomic E-state index is 13.2. The molecule has 6 nitrogen and oxygen atoms in total. The summed E-state index contributed by atoms with van der Waals surface area (Å²) < 4.78 is 0. The average molecular weight is 516 g/mol. The molecule has 0 spiro atoms. The molecular formula is C27H31Cl2N3O3. The summed E-state index contributed by atoms with van der Waals surface area (Å²) in [6.07, 6.45) is 5.13. The van der Waals surface area contributed by atoms with Gasteiger partial charge in [0, 0.05) is 35.8 Å². The van der Waals surface area contributed by atoms with Crippen molar-refractivity contribution >= 4 is 40.9 Å². The summed E-state index contributed by atoms with van der Waals surface area (Å²) in [4.78, 5) is 40.9. The number of likely N-dealkylation sites (tertiary alicyclic amines) is 1. The summed E-state index contributed by atoms with van der Waals surface area (Å²) in [5.41, 5.74) is 1.97. The third kappa shape index (κ3) is 6.17. The Kier molecular flexibility index (Phi) is 8.34. The highest BCUT2D eigenvalue weighted by molar-refractivity contribution is 6.36. The normalized spacial score (nSPS) is 22.4. The van der Waals surface area contributed by atoms with Crippen LogP contribution in [0, 0.1) is 12.8 Å². The van der Waals surface area contributed by atoms with E-state index in [1.165, 1.54) is 0 Å². The minimum absolute atomic E-state index is 0.0632. The summed E-state index contributed by atoms with van der Waals surface area (Å²) in [5.74, 6) is -0.658. The van der Waals surface area contributed by atoms with Gasteiger partial charge in [0.2, 0.25) is 5.91 Å². The number of nitrogens with zero attached hydrogens (tertiary/aromatic N) is 1. The predicted octanol–water partition coefficient (Wildman–Crippen LogP) is 5.01. The Hall–Kier alpha value is -2.57. The van der Waals surface area contributed by atoms with E-state index < -0.39 is 0 Å². The number of carbonyl (C=O) groups is 3. The summed E-state index contributed by atoms with van der Waals surface area (Å²) in [5, 5.41) is 7.12. The molecule has 2 fully saturated rings. The molecule has 3 amide bonds. The molecule has 0 unspecified atom stereocenters. The molecule has 186 valence electrons. The van der Waals surface area contributed by atoms with Gasteiger partial charge in [-0.3, -0.25) is 14.4 Å². The van der Waals surface area contributed by atoms with E-state index >= 15 is 0 Å². The van der Waals surface area contributed by atoms with Gasteiger partial charge in [0.15, 0.2) is 0 Å². The number of nitrogens with one attached hydrogen (secondary N) is 2. The Morgan fingerprint density at radius 2 is 1.60 bits per heavy atom. The third-order valence-electron chi connectivity index (χ3n) is 7.04. The summed E-state index contributed by atoms with van der Waals surface area (Å²) in [7, 11) is 0. The standard InChI is InChI=1S/C27H31Cl2N3O3/c1-17-7-2-3-9-20(17)26(34)31-24-11-5-4-10-23(24)30-25(33)18-8-6-14-32(16-18)27(35)21-13-12-19(28)15-22(21)29/h2-3,7,9,12-13,15,18,23-24H,4-6,8,10-11,14,16H2,1H3,(H,30,33)(H,31,34)/t18-,23-,24-/m1/s1. The van der Waals surface area contributed by atoms with E-state index in [1.807, 2.05) is 31.2 Å². The molecule has 3 atom stereocenters. The van der Waals surface area contributed by atoms with Crippen LogP contribution in [0.4, 0.5) is 0 Å². The fraction of sp³-hybridized carbons (Fsp3) is 0.444. The van der Waals surface area contributed by atoms with Gasteiger partial charge in [-0.15, -0.1) is 0 Å². The van der Waals surface area contributed by atoms with Crippen molar-refractivity contribution in [3.63, 3.8) is 0 Å². The van der Waals surface area contributed by atoms with E-state index in [-0.39, 0.29) is 35.7 Å². The molecule has 2 aromatic rings. The van der Waals surface area contributed by atoms with Crippen LogP contribution in [0.25, 0.3) is 0 Å². The SMILES string of the molecule is Cc1ccccc1C(=O)N[C@@H]1CCCC[C@H]1NC(=O)[C@@H]1CCCN(C(=O)c2ccc(Cl)cc2Cl)C1. The van der Waals surface area contributed by atoms with Crippen molar-refractivity contribution in [2.24, 2.45) is 5.92 Å². The largest absolute Gasteiger partial charge is 0.351 e. The first-order valence-corrected chi connectivity index (χ1v) is 13.0. The van der Waals surface area contributed by atoms with E-state index in [9.17, 15) is 14.4 Å². The lowest BCUT2D eigenvalue weighted by Gasteiger charge is -2.36. The number of aryl methyl sites for hydroxylation is 1. The van der Waals surface area contributed by atoms with Crippen LogP contribution in [0.1, 0.15) is 64.8 Å². The minimum atomic E-state index is -0.298. The van der Waals surface area contributed by atoms with Crippen molar-refractivity contribution in [3.05, 3.63) is 69.2 Å². The lowest BCUT2D eigenvalue weighted by atomic mass is 9.88. The van der Waals surface area contributed by atoms with Gasteiger partial charge in [-0.2, -0.15) is 0 Å². The van der Waals surface area contributed by atoms with Gasteiger partial charge < -0.3 is 15.5 Å². The molecule has 2 aromatic carbocycles. The molecule has 0 bridgehead atoms. The number of carbonyl (C=O) groups excluding carboxylic acids is 3. The van der Waals surface area contributed by atoms with Crippen LogP contribution in [0.15, 0.2) is 42.5 Å². The molecular weight excluding hydrogens is 485 g/mol. The molecule has 2 N–H and O–H groups in total. The van der Waals surface area contributed by atoms with E-state index in [0.29, 0.717) is 34.3 Å². The van der Waals surface area contributed by atoms with Gasteiger partial charge in [0.1, 0.15) is 0 Å². The van der Waals surface area contributed by atoms with E-state index in [2.05, 4.69) is 10.6 Å². The summed E-state index contributed by atoms with van der Waals surface area (Å²) in [6.45, 7) is 2.85. The van der Waals surface area contributed by atoms with Gasteiger partial charge in [-0.1, -0.05) is 54.2 Å². The van der Waals surface area contributed by atoms with Crippen molar-refractivity contribution < 1.29 is 14.4 Å². The monoisotopic (exact) mass is 515 g/mol. The lowest BCUT2D eigenvalue weighted by Crippen LogP contribution is -2.55. The number of hydrogen-bond donors (Lipinski definition) is 2. The summed E-state index contributed by atoms with van der Waals surface area (Å²) >= 11 is 12.2. The zero-order valence-electron chi connectivity index (χ0n) is 19.9. The molecule has 4 rings (SSSR count). The van der Waals surface area contributed by atoms with Crippen LogP contribution < -0.4 is 10.6 Å². The molecule has 0 aromatic heterocycles. The molecule has 1 saturated carbocycles. The van der Waals surface area contributed by atoms with Crippen molar-refractivity contribution in [3.8, 4) is 0 Å². The first kappa shape index (κ1) is 25.5. The molecule has 35 heavy (non-hydrogen) atoms. The highest BCUT2D eigenvalue weighted by atomic mass is 35.5. The van der Waals surface area contributed by atoms with Gasteiger partial charge in [0.05, 0.1) is 16.5 Å². The second kappa shape index (κ2) is 11.4. The topological polar surface area (TPSA) is 78.5 Å². The number of piperidine rings is 1. The molecule has 1 saturated heterocycles. The lowest BCUT2D eigenvalue weighted by molar-refractivity contribution is -0.127. The van der Waals surface area contributed by atoms with Crippen molar-refractivity contribution in [2.75, 3.05) is 13.1 Å². The second-order valence-corrected chi connectivity index (χ2v) is 10.4. The quantitative estimate of drug-likeness (QED) is 0.587. The maximum absolute atomic E-state index is 13.2. The zero-order chi connectivity index (χ0) is 24.9. The number of hydrogen-bond acceptors (Lipinski definition) is 3. The number of benzene rings is 2. The van der Waals surface area contributed by atoms with Gasteiger partial charge in [-0.05, 0) is 62.4 Å². The number of amides is 3. The fourth-order valence-electron chi connectivity index (χ4n) is 5.06. The fourth-order valence-corrected chi connectivity index (χ4v) is 5.55. The Morgan fingerprint density at radius 1 is 0.886 bits per heavy atom.